The van der Waals surface area contributed by atoms with E-state index < -0.39 is 30.0 Å². The fourth-order valence-corrected chi connectivity index (χ4v) is 5.73. The van der Waals surface area contributed by atoms with E-state index in [-0.39, 0.29) is 37.5 Å². The van der Waals surface area contributed by atoms with Crippen LogP contribution in [0.5, 0.6) is 0 Å². The van der Waals surface area contributed by atoms with Gasteiger partial charge < -0.3 is 15.1 Å². The Labute approximate surface area is 264 Å². The molecular formula is C31H42F5N7O3. The minimum atomic E-state index is -4.44. The Morgan fingerprint density at radius 3 is 2.50 bits per heavy atom. The van der Waals surface area contributed by atoms with E-state index in [1.807, 2.05) is 5.32 Å². The smallest absolute Gasteiger partial charge is 0.408 e. The van der Waals surface area contributed by atoms with Crippen LogP contribution < -0.4 is 10.6 Å². The second-order valence-electron chi connectivity index (χ2n) is 12.3. The summed E-state index contributed by atoms with van der Waals surface area (Å²) in [4.78, 5) is 28.7. The molecule has 0 bridgehead atoms. The summed E-state index contributed by atoms with van der Waals surface area (Å²) < 4.78 is 69.2. The lowest BCUT2D eigenvalue weighted by Gasteiger charge is -2.20. The molecule has 3 aromatic rings. The fraction of sp³-hybridized carbons (Fsp3) is 0.677. The van der Waals surface area contributed by atoms with Gasteiger partial charge in [0, 0.05) is 31.6 Å². The number of hydrogen-bond donors (Lipinski definition) is 2. The van der Waals surface area contributed by atoms with Crippen molar-refractivity contribution in [2.24, 2.45) is 17.8 Å². The van der Waals surface area contributed by atoms with Crippen molar-refractivity contribution < 1.29 is 36.0 Å². The van der Waals surface area contributed by atoms with Crippen LogP contribution in [0.25, 0.3) is 5.65 Å². The Morgan fingerprint density at radius 2 is 1.93 bits per heavy atom. The predicted molar refractivity (Wildman–Crippen MR) is 157 cm³/mol. The van der Waals surface area contributed by atoms with Crippen molar-refractivity contribution >= 4 is 17.5 Å². The van der Waals surface area contributed by atoms with E-state index in [2.05, 4.69) is 36.9 Å². The number of aromatic nitrogens is 5. The Balaban J connectivity index is 0.000000280. The van der Waals surface area contributed by atoms with Crippen LogP contribution >= 0.6 is 0 Å². The topological polar surface area (TPSA) is 127 Å². The summed E-state index contributed by atoms with van der Waals surface area (Å²) in [5.74, 6) is -2.39. The van der Waals surface area contributed by atoms with Crippen molar-refractivity contribution in [1.29, 1.82) is 0 Å². The van der Waals surface area contributed by atoms with Gasteiger partial charge >= 0.3 is 6.18 Å². The molecule has 2 saturated carbocycles. The molecule has 2 aliphatic carbocycles. The molecule has 4 heterocycles. The zero-order chi connectivity index (χ0) is 33.3. The summed E-state index contributed by atoms with van der Waals surface area (Å²) in [6, 6.07) is -0.0759. The van der Waals surface area contributed by atoms with Crippen LogP contribution in [0.2, 0.25) is 0 Å². The van der Waals surface area contributed by atoms with Crippen LogP contribution in [-0.4, -0.2) is 54.8 Å². The molecule has 4 atom stereocenters. The first-order chi connectivity index (χ1) is 21.8. The first kappa shape index (κ1) is 35.2. The zero-order valence-corrected chi connectivity index (χ0v) is 26.2. The van der Waals surface area contributed by atoms with Crippen molar-refractivity contribution in [2.45, 2.75) is 116 Å². The number of halogens is 5. The molecule has 1 aliphatic heterocycles. The predicted octanol–water partition coefficient (Wildman–Crippen LogP) is 6.14. The molecule has 46 heavy (non-hydrogen) atoms. The highest BCUT2D eigenvalue weighted by Crippen LogP contribution is 2.42. The Morgan fingerprint density at radius 1 is 1.17 bits per heavy atom. The molecule has 1 saturated heterocycles. The molecule has 15 heteroatoms. The van der Waals surface area contributed by atoms with Crippen molar-refractivity contribution in [3.05, 3.63) is 42.0 Å². The molecule has 3 aromatic heterocycles. The van der Waals surface area contributed by atoms with E-state index in [1.54, 1.807) is 23.7 Å². The van der Waals surface area contributed by atoms with Gasteiger partial charge in [-0.3, -0.25) is 9.59 Å². The number of rotatable bonds is 9. The lowest BCUT2D eigenvalue weighted by molar-refractivity contribution is -0.154. The van der Waals surface area contributed by atoms with Gasteiger partial charge in [0.05, 0.1) is 24.6 Å². The van der Waals surface area contributed by atoms with Crippen molar-refractivity contribution in [3.8, 4) is 0 Å². The molecule has 254 valence electrons. The lowest BCUT2D eigenvalue weighted by Crippen LogP contribution is -2.38. The van der Waals surface area contributed by atoms with Crippen LogP contribution in [0.1, 0.15) is 94.7 Å². The van der Waals surface area contributed by atoms with Gasteiger partial charge in [-0.2, -0.15) is 18.3 Å². The quantitative estimate of drug-likeness (QED) is 0.210. The number of unbranched alkanes of at least 4 members (excludes halogenated alkanes) is 2. The number of hydrogen-bond acceptors (Lipinski definition) is 7. The first-order valence-electron chi connectivity index (χ1n) is 15.9. The number of nitrogens with one attached hydrogen (secondary N) is 2. The highest BCUT2D eigenvalue weighted by Gasteiger charge is 2.47. The Bertz CT molecular complexity index is 1410. The molecule has 0 spiro atoms. The van der Waals surface area contributed by atoms with Gasteiger partial charge in [-0.05, 0) is 56.1 Å². The van der Waals surface area contributed by atoms with E-state index in [4.69, 9.17) is 0 Å². The number of aryl methyl sites for hydroxylation is 1. The van der Waals surface area contributed by atoms with E-state index >= 15 is 0 Å². The van der Waals surface area contributed by atoms with Gasteiger partial charge in [-0.15, -0.1) is 10.2 Å². The molecule has 2 amide bonds. The molecule has 4 unspecified atom stereocenters. The third-order valence-corrected chi connectivity index (χ3v) is 8.45. The maximum atomic E-state index is 12.9. The molecule has 3 fully saturated rings. The molecule has 6 rings (SSSR count). The summed E-state index contributed by atoms with van der Waals surface area (Å²) in [6.07, 6.45) is 8.28. The van der Waals surface area contributed by atoms with Gasteiger partial charge in [0.25, 0.3) is 0 Å². The summed E-state index contributed by atoms with van der Waals surface area (Å²) in [5.41, 5.74) is 1.83. The van der Waals surface area contributed by atoms with Crippen molar-refractivity contribution in [1.82, 2.24) is 35.4 Å². The van der Waals surface area contributed by atoms with Gasteiger partial charge in [-0.25, -0.2) is 18.3 Å². The van der Waals surface area contributed by atoms with Crippen LogP contribution in [0.4, 0.5) is 22.0 Å². The third kappa shape index (κ3) is 10.7. The van der Waals surface area contributed by atoms with E-state index in [0.717, 1.165) is 19.3 Å². The van der Waals surface area contributed by atoms with Gasteiger partial charge in [0.2, 0.25) is 30.0 Å². The number of fused-ring (bicyclic) bond motifs is 1. The third-order valence-electron chi connectivity index (χ3n) is 8.45. The maximum absolute atomic E-state index is 12.9. The molecule has 10 nitrogen and oxygen atoms in total. The highest BCUT2D eigenvalue weighted by atomic mass is 19.4. The van der Waals surface area contributed by atoms with Crippen LogP contribution in [0.3, 0.4) is 0 Å². The number of carbonyl (C=O) groups excluding carboxylic acids is 2. The summed E-state index contributed by atoms with van der Waals surface area (Å²) >= 11 is 0. The number of carbonyl (C=O) groups is 2. The SMILES string of the molecule is CCCCCC1CC1C(=O)NCc1cn2ncc(CC3CC(C(F)(F)F)NC3=O)cc2n1.Cc1nnco1.FC1(F)CCCCC1. The minimum absolute atomic E-state index is 0.0590. The van der Waals surface area contributed by atoms with Gasteiger partial charge in [0.1, 0.15) is 6.04 Å². The standard InChI is InChI=1S/C22H28F3N5O2.C6H10F2.C3H4N2O/c1-2-3-4-5-14-8-17(14)21(32)26-11-16-12-30-19(28-16)7-13(10-27-30)6-15-9-18(22(23,24)25)29-20(15)31;7-6(8)4-2-1-3-5-6;1-3-5-4-2-6-3/h7,10,12,14-15,17-18H,2-6,8-9,11H2,1H3,(H,26,32)(H,29,31);1-5H2;2H,1H3. The van der Waals surface area contributed by atoms with Crippen LogP contribution in [-0.2, 0) is 22.6 Å². The Hall–Kier alpha value is -3.65. The molecule has 3 aliphatic rings. The molecular weight excluding hydrogens is 613 g/mol. The largest absolute Gasteiger partial charge is 0.428 e. The summed E-state index contributed by atoms with van der Waals surface area (Å²) in [5, 5.41) is 16.1. The van der Waals surface area contributed by atoms with Crippen molar-refractivity contribution in [2.75, 3.05) is 0 Å². The number of amides is 2. The lowest BCUT2D eigenvalue weighted by atomic mass is 9.97. The van der Waals surface area contributed by atoms with Crippen LogP contribution in [0, 0.1) is 24.7 Å². The summed E-state index contributed by atoms with van der Waals surface area (Å²) in [6.45, 7) is 4.21. The van der Waals surface area contributed by atoms with Gasteiger partial charge in [-0.1, -0.05) is 32.6 Å². The molecule has 2 N–H and O–H groups in total. The van der Waals surface area contributed by atoms with Crippen LogP contribution in [0.15, 0.2) is 29.3 Å². The molecule has 0 aromatic carbocycles. The van der Waals surface area contributed by atoms with Crippen molar-refractivity contribution in [3.63, 3.8) is 0 Å². The fourth-order valence-electron chi connectivity index (χ4n) is 5.73. The average molecular weight is 656 g/mol. The summed E-state index contributed by atoms with van der Waals surface area (Å²) in [7, 11) is 0. The highest BCUT2D eigenvalue weighted by molar-refractivity contribution is 5.82. The number of alkyl halides is 5. The number of imidazole rings is 1. The van der Waals surface area contributed by atoms with E-state index in [1.165, 1.54) is 31.9 Å². The Kier molecular flexibility index (Phi) is 12.1. The monoisotopic (exact) mass is 655 g/mol. The second kappa shape index (κ2) is 15.8. The average Bonchev–Trinajstić information content (AvgIpc) is 3.26. The van der Waals surface area contributed by atoms with E-state index in [9.17, 15) is 31.5 Å². The number of nitrogens with zero attached hydrogens (tertiary/aromatic N) is 5. The van der Waals surface area contributed by atoms with E-state index in [0.29, 0.717) is 48.1 Å². The maximum Gasteiger partial charge on any atom is 0.408 e. The zero-order valence-electron chi connectivity index (χ0n) is 26.2. The minimum Gasteiger partial charge on any atom is -0.428 e. The second-order valence-corrected chi connectivity index (χ2v) is 12.3. The normalized spacial score (nSPS) is 23.5. The molecule has 0 radical (unpaired) electrons. The first-order valence-corrected chi connectivity index (χ1v) is 15.9. The van der Waals surface area contributed by atoms with Gasteiger partial charge in [0.15, 0.2) is 5.65 Å².